The Morgan fingerprint density at radius 3 is 2.65 bits per heavy atom. The summed E-state index contributed by atoms with van der Waals surface area (Å²) in [6, 6.07) is 13.4. The van der Waals surface area contributed by atoms with E-state index in [1.807, 2.05) is 18.2 Å². The van der Waals surface area contributed by atoms with E-state index in [-0.39, 0.29) is 35.0 Å². The smallest absolute Gasteiger partial charge is 0.319 e. The second-order valence-corrected chi connectivity index (χ2v) is 6.30. The van der Waals surface area contributed by atoms with Crippen LogP contribution in [0.2, 0.25) is 0 Å². The Morgan fingerprint density at radius 1 is 1.12 bits per heavy atom. The highest BCUT2D eigenvalue weighted by Crippen LogP contribution is 2.26. The summed E-state index contributed by atoms with van der Waals surface area (Å²) in [6.45, 7) is 0.959. The Balaban J connectivity index is 1.61. The summed E-state index contributed by atoms with van der Waals surface area (Å²) in [5, 5.41) is 15.7. The van der Waals surface area contributed by atoms with Crippen LogP contribution in [0.5, 0.6) is 5.75 Å². The van der Waals surface area contributed by atoms with Crippen molar-refractivity contribution in [1.82, 2.24) is 10.2 Å². The van der Waals surface area contributed by atoms with Crippen LogP contribution in [0.4, 0.5) is 16.2 Å². The van der Waals surface area contributed by atoms with Gasteiger partial charge in [-0.15, -0.1) is 0 Å². The summed E-state index contributed by atoms with van der Waals surface area (Å²) in [4.78, 5) is 26.5. The van der Waals surface area contributed by atoms with Gasteiger partial charge in [-0.05, 0) is 37.1 Å². The lowest BCUT2D eigenvalue weighted by Gasteiger charge is -2.33. The monoisotopic (exact) mass is 354 g/mol. The molecule has 5 N–H and O–H groups in total. The Kier molecular flexibility index (Phi) is 5.26. The molecule has 1 aliphatic rings. The third kappa shape index (κ3) is 4.05. The zero-order valence-electron chi connectivity index (χ0n) is 14.3. The number of likely N-dealkylation sites (tertiary alicyclic amines) is 1. The molecule has 0 saturated carbocycles. The molecular formula is C19H22N4O3. The van der Waals surface area contributed by atoms with Gasteiger partial charge in [-0.1, -0.05) is 24.3 Å². The van der Waals surface area contributed by atoms with Gasteiger partial charge in [-0.3, -0.25) is 4.79 Å². The normalized spacial score (nSPS) is 16.8. The minimum Gasteiger partial charge on any atom is -0.505 e. The van der Waals surface area contributed by atoms with E-state index in [1.165, 1.54) is 0 Å². The van der Waals surface area contributed by atoms with Crippen molar-refractivity contribution in [2.75, 3.05) is 24.1 Å². The average Bonchev–Trinajstić information content (AvgIpc) is 2.64. The number of para-hydroxylation sites is 2. The summed E-state index contributed by atoms with van der Waals surface area (Å²) >= 11 is 0. The van der Waals surface area contributed by atoms with Crippen molar-refractivity contribution in [3.8, 4) is 5.75 Å². The van der Waals surface area contributed by atoms with Crippen molar-refractivity contribution in [2.24, 2.45) is 0 Å². The SMILES string of the molecule is Nc1cccc(C(=O)N2CCCC(NC(=O)Nc3ccccc3)C2)c1O. The maximum absolute atomic E-state index is 12.7. The highest BCUT2D eigenvalue weighted by Gasteiger charge is 2.27. The van der Waals surface area contributed by atoms with Gasteiger partial charge in [-0.25, -0.2) is 4.79 Å². The van der Waals surface area contributed by atoms with Gasteiger partial charge in [0.2, 0.25) is 0 Å². The van der Waals surface area contributed by atoms with Crippen molar-refractivity contribution in [3.05, 3.63) is 54.1 Å². The van der Waals surface area contributed by atoms with Crippen LogP contribution in [0.1, 0.15) is 23.2 Å². The molecule has 0 radical (unpaired) electrons. The lowest BCUT2D eigenvalue weighted by atomic mass is 10.0. The molecule has 0 bridgehead atoms. The number of nitrogens with zero attached hydrogens (tertiary/aromatic N) is 1. The Hall–Kier alpha value is -3.22. The highest BCUT2D eigenvalue weighted by molar-refractivity contribution is 5.98. The number of hydrogen-bond acceptors (Lipinski definition) is 4. The fourth-order valence-electron chi connectivity index (χ4n) is 3.06. The number of aromatic hydroxyl groups is 1. The number of carbonyl (C=O) groups excluding carboxylic acids is 2. The number of urea groups is 1. The Morgan fingerprint density at radius 2 is 1.88 bits per heavy atom. The van der Waals surface area contributed by atoms with E-state index in [1.54, 1.807) is 35.2 Å². The lowest BCUT2D eigenvalue weighted by molar-refractivity contribution is 0.0695. The van der Waals surface area contributed by atoms with Gasteiger partial charge < -0.3 is 26.4 Å². The lowest BCUT2D eigenvalue weighted by Crippen LogP contribution is -2.50. The predicted molar refractivity (Wildman–Crippen MR) is 100 cm³/mol. The third-order valence-electron chi connectivity index (χ3n) is 4.37. The molecule has 7 heteroatoms. The van der Waals surface area contributed by atoms with E-state index in [2.05, 4.69) is 10.6 Å². The van der Waals surface area contributed by atoms with Crippen LogP contribution in [0.3, 0.4) is 0 Å². The van der Waals surface area contributed by atoms with Gasteiger partial charge in [0.1, 0.15) is 0 Å². The second kappa shape index (κ2) is 7.77. The standard InChI is InChI=1S/C19H22N4O3/c20-16-10-4-9-15(17(16)24)18(25)23-11-5-8-14(12-23)22-19(26)21-13-6-2-1-3-7-13/h1-4,6-7,9-10,14,24H,5,8,11-12,20H2,(H2,21,22,26). The predicted octanol–water partition coefficient (Wildman–Crippen LogP) is 2.40. The third-order valence-corrected chi connectivity index (χ3v) is 4.37. The fraction of sp³-hybridized carbons (Fsp3) is 0.263. The van der Waals surface area contributed by atoms with Gasteiger partial charge in [0.15, 0.2) is 5.75 Å². The molecule has 3 amide bonds. The molecule has 1 atom stereocenters. The molecule has 1 heterocycles. The van der Waals surface area contributed by atoms with Crippen LogP contribution in [0, 0.1) is 0 Å². The first-order valence-corrected chi connectivity index (χ1v) is 8.54. The number of phenolic OH excluding ortho intramolecular Hbond substituents is 1. The quantitative estimate of drug-likeness (QED) is 0.501. The van der Waals surface area contributed by atoms with Crippen LogP contribution >= 0.6 is 0 Å². The number of nitrogen functional groups attached to an aromatic ring is 1. The minimum absolute atomic E-state index is 0.153. The molecule has 1 unspecified atom stereocenters. The summed E-state index contributed by atoms with van der Waals surface area (Å²) in [6.07, 6.45) is 1.56. The molecule has 1 aliphatic heterocycles. The van der Waals surface area contributed by atoms with Crippen molar-refractivity contribution in [2.45, 2.75) is 18.9 Å². The van der Waals surface area contributed by atoms with Gasteiger partial charge in [-0.2, -0.15) is 0 Å². The summed E-state index contributed by atoms with van der Waals surface area (Å²) in [5.41, 5.74) is 6.73. The number of nitrogens with one attached hydrogen (secondary N) is 2. The van der Waals surface area contributed by atoms with Gasteiger partial charge in [0, 0.05) is 24.8 Å². The molecule has 136 valence electrons. The number of carbonyl (C=O) groups is 2. The molecular weight excluding hydrogens is 332 g/mol. The molecule has 0 spiro atoms. The average molecular weight is 354 g/mol. The number of benzene rings is 2. The van der Waals surface area contributed by atoms with Crippen molar-refractivity contribution >= 4 is 23.3 Å². The second-order valence-electron chi connectivity index (χ2n) is 6.30. The number of rotatable bonds is 3. The summed E-state index contributed by atoms with van der Waals surface area (Å²) in [7, 11) is 0. The van der Waals surface area contributed by atoms with E-state index in [4.69, 9.17) is 5.73 Å². The number of piperidine rings is 1. The first-order valence-electron chi connectivity index (χ1n) is 8.54. The van der Waals surface area contributed by atoms with Crippen molar-refractivity contribution in [1.29, 1.82) is 0 Å². The van der Waals surface area contributed by atoms with Gasteiger partial charge in [0.05, 0.1) is 11.3 Å². The van der Waals surface area contributed by atoms with E-state index < -0.39 is 0 Å². The molecule has 0 aliphatic carbocycles. The Labute approximate surface area is 151 Å². The van der Waals surface area contributed by atoms with Gasteiger partial charge in [0.25, 0.3) is 5.91 Å². The van der Waals surface area contributed by atoms with E-state index in [9.17, 15) is 14.7 Å². The number of hydrogen-bond donors (Lipinski definition) is 4. The fourth-order valence-corrected chi connectivity index (χ4v) is 3.06. The minimum atomic E-state index is -0.303. The largest absolute Gasteiger partial charge is 0.505 e. The van der Waals surface area contributed by atoms with E-state index in [0.717, 1.165) is 12.8 Å². The molecule has 3 rings (SSSR count). The number of nitrogens with two attached hydrogens (primary N) is 1. The molecule has 0 aromatic heterocycles. The van der Waals surface area contributed by atoms with E-state index >= 15 is 0 Å². The maximum atomic E-state index is 12.7. The maximum Gasteiger partial charge on any atom is 0.319 e. The topological polar surface area (TPSA) is 108 Å². The summed E-state index contributed by atoms with van der Waals surface area (Å²) in [5.74, 6) is -0.487. The van der Waals surface area contributed by atoms with Crippen molar-refractivity contribution in [3.63, 3.8) is 0 Å². The van der Waals surface area contributed by atoms with Crippen molar-refractivity contribution < 1.29 is 14.7 Å². The first-order chi connectivity index (χ1) is 12.5. The van der Waals surface area contributed by atoms with Crippen LogP contribution in [-0.4, -0.2) is 41.1 Å². The molecule has 7 nitrogen and oxygen atoms in total. The van der Waals surface area contributed by atoms with Crippen LogP contribution < -0.4 is 16.4 Å². The first kappa shape index (κ1) is 17.6. The molecule has 1 saturated heterocycles. The van der Waals surface area contributed by atoms with Crippen LogP contribution in [-0.2, 0) is 0 Å². The highest BCUT2D eigenvalue weighted by atomic mass is 16.3. The van der Waals surface area contributed by atoms with Gasteiger partial charge >= 0.3 is 6.03 Å². The zero-order valence-corrected chi connectivity index (χ0v) is 14.3. The molecule has 26 heavy (non-hydrogen) atoms. The molecule has 2 aromatic carbocycles. The number of amides is 3. The number of phenols is 1. The molecule has 2 aromatic rings. The number of anilines is 2. The van der Waals surface area contributed by atoms with Crippen LogP contribution in [0.15, 0.2) is 48.5 Å². The summed E-state index contributed by atoms with van der Waals surface area (Å²) < 4.78 is 0. The van der Waals surface area contributed by atoms with E-state index in [0.29, 0.717) is 18.8 Å². The zero-order chi connectivity index (χ0) is 18.5. The Bertz CT molecular complexity index is 795. The van der Waals surface area contributed by atoms with Crippen LogP contribution in [0.25, 0.3) is 0 Å². The molecule has 1 fully saturated rings.